The van der Waals surface area contributed by atoms with Crippen LogP contribution in [0, 0.1) is 13.8 Å². The number of anilines is 1. The Morgan fingerprint density at radius 2 is 1.74 bits per heavy atom. The smallest absolute Gasteiger partial charge is 0.335 e. The van der Waals surface area contributed by atoms with E-state index in [1.54, 1.807) is 24.3 Å². The molecule has 3 aromatic rings. The first-order valence-corrected chi connectivity index (χ1v) is 8.87. The number of hydrogen-bond donors (Lipinski definition) is 2. The lowest BCUT2D eigenvalue weighted by atomic mass is 10.1. The van der Waals surface area contributed by atoms with E-state index in [-0.39, 0.29) is 5.56 Å². The van der Waals surface area contributed by atoms with Gasteiger partial charge in [-0.05, 0) is 49.2 Å². The lowest BCUT2D eigenvalue weighted by Gasteiger charge is -2.14. The van der Waals surface area contributed by atoms with Gasteiger partial charge < -0.3 is 15.2 Å². The fourth-order valence-electron chi connectivity index (χ4n) is 2.90. The van der Waals surface area contributed by atoms with Crippen molar-refractivity contribution in [3.05, 3.63) is 94.5 Å². The van der Waals surface area contributed by atoms with Crippen molar-refractivity contribution in [1.82, 2.24) is 0 Å². The Kier molecular flexibility index (Phi) is 5.77. The summed E-state index contributed by atoms with van der Waals surface area (Å²) in [4.78, 5) is 10.9. The second-order valence-electron chi connectivity index (χ2n) is 6.57. The third-order valence-electron chi connectivity index (χ3n) is 4.42. The molecule has 0 aliphatic heterocycles. The summed E-state index contributed by atoms with van der Waals surface area (Å²) >= 11 is 0. The molecule has 0 radical (unpaired) electrons. The number of aromatic carboxylic acids is 1. The molecule has 138 valence electrons. The van der Waals surface area contributed by atoms with Gasteiger partial charge in [0.1, 0.15) is 12.4 Å². The number of benzene rings is 3. The summed E-state index contributed by atoms with van der Waals surface area (Å²) in [6, 6.07) is 21.0. The van der Waals surface area contributed by atoms with Gasteiger partial charge in [0, 0.05) is 17.8 Å². The zero-order chi connectivity index (χ0) is 19.2. The predicted octanol–water partition coefficient (Wildman–Crippen LogP) is 5.19. The van der Waals surface area contributed by atoms with Crippen LogP contribution in [0.15, 0.2) is 66.7 Å². The molecule has 0 unspecified atom stereocenters. The van der Waals surface area contributed by atoms with Gasteiger partial charge in [0.15, 0.2) is 0 Å². The minimum absolute atomic E-state index is 0.275. The van der Waals surface area contributed by atoms with Crippen LogP contribution in [-0.2, 0) is 13.2 Å². The van der Waals surface area contributed by atoms with Crippen LogP contribution in [-0.4, -0.2) is 11.1 Å². The van der Waals surface area contributed by atoms with Crippen LogP contribution < -0.4 is 10.1 Å². The van der Waals surface area contributed by atoms with Gasteiger partial charge >= 0.3 is 5.97 Å². The van der Waals surface area contributed by atoms with Crippen LogP contribution >= 0.6 is 0 Å². The highest BCUT2D eigenvalue weighted by molar-refractivity contribution is 5.87. The van der Waals surface area contributed by atoms with Gasteiger partial charge in [-0.15, -0.1) is 0 Å². The molecule has 0 bridgehead atoms. The maximum atomic E-state index is 10.9. The fourth-order valence-corrected chi connectivity index (χ4v) is 2.90. The number of nitrogens with one attached hydrogen (secondary N) is 1. The molecular weight excluding hydrogens is 338 g/mol. The van der Waals surface area contributed by atoms with E-state index in [0.29, 0.717) is 13.2 Å². The largest absolute Gasteiger partial charge is 0.489 e. The number of aryl methyl sites for hydroxylation is 2. The van der Waals surface area contributed by atoms with Crippen molar-refractivity contribution in [3.63, 3.8) is 0 Å². The molecule has 0 fully saturated rings. The Morgan fingerprint density at radius 1 is 1.00 bits per heavy atom. The highest BCUT2D eigenvalue weighted by atomic mass is 16.5. The SMILES string of the molecule is Cc1ccc(NCc2ccccc2OCc2ccc(C(=O)O)cc2)c(C)c1. The summed E-state index contributed by atoms with van der Waals surface area (Å²) in [5.41, 5.74) is 5.84. The summed E-state index contributed by atoms with van der Waals surface area (Å²) in [7, 11) is 0. The van der Waals surface area contributed by atoms with E-state index in [1.165, 1.54) is 11.1 Å². The van der Waals surface area contributed by atoms with Crippen LogP contribution in [0.3, 0.4) is 0 Å². The Labute approximate surface area is 159 Å². The molecule has 0 amide bonds. The topological polar surface area (TPSA) is 58.6 Å². The van der Waals surface area contributed by atoms with Crippen molar-refractivity contribution < 1.29 is 14.6 Å². The molecule has 0 heterocycles. The molecule has 0 spiro atoms. The zero-order valence-electron chi connectivity index (χ0n) is 15.5. The number of rotatable bonds is 7. The number of carboxylic acids is 1. The number of carbonyl (C=O) groups is 1. The first kappa shape index (κ1) is 18.5. The molecular formula is C23H23NO3. The van der Waals surface area contributed by atoms with Crippen molar-refractivity contribution in [1.29, 1.82) is 0 Å². The highest BCUT2D eigenvalue weighted by Gasteiger charge is 2.06. The molecule has 0 saturated carbocycles. The Bertz CT molecular complexity index is 933. The summed E-state index contributed by atoms with van der Waals surface area (Å²) in [6.45, 7) is 5.24. The molecule has 0 aromatic heterocycles. The molecule has 27 heavy (non-hydrogen) atoms. The monoisotopic (exact) mass is 361 g/mol. The maximum absolute atomic E-state index is 10.9. The van der Waals surface area contributed by atoms with Gasteiger partial charge in [-0.2, -0.15) is 0 Å². The maximum Gasteiger partial charge on any atom is 0.335 e. The first-order chi connectivity index (χ1) is 13.0. The van der Waals surface area contributed by atoms with Crippen molar-refractivity contribution in [2.75, 3.05) is 5.32 Å². The number of carboxylic acid groups (broad SMARTS) is 1. The van der Waals surface area contributed by atoms with Gasteiger partial charge in [0.05, 0.1) is 5.56 Å². The standard InChI is InChI=1S/C23H23NO3/c1-16-7-12-21(17(2)13-16)24-14-20-5-3-4-6-22(20)27-15-18-8-10-19(11-9-18)23(25)26/h3-13,24H,14-15H2,1-2H3,(H,25,26). The van der Waals surface area contributed by atoms with Crippen molar-refractivity contribution >= 4 is 11.7 Å². The van der Waals surface area contributed by atoms with Crippen LogP contribution in [0.2, 0.25) is 0 Å². The fraction of sp³-hybridized carbons (Fsp3) is 0.174. The van der Waals surface area contributed by atoms with E-state index in [2.05, 4.69) is 37.4 Å². The van der Waals surface area contributed by atoms with Crippen molar-refractivity contribution in [2.45, 2.75) is 27.0 Å². The molecule has 4 heteroatoms. The molecule has 2 N–H and O–H groups in total. The normalized spacial score (nSPS) is 10.4. The van der Waals surface area contributed by atoms with E-state index < -0.39 is 5.97 Å². The zero-order valence-corrected chi connectivity index (χ0v) is 15.5. The number of ether oxygens (including phenoxy) is 1. The lowest BCUT2D eigenvalue weighted by Crippen LogP contribution is -2.05. The van der Waals surface area contributed by atoms with Crippen molar-refractivity contribution in [3.8, 4) is 5.75 Å². The molecule has 0 aliphatic rings. The van der Waals surface area contributed by atoms with Gasteiger partial charge in [0.2, 0.25) is 0 Å². The third-order valence-corrected chi connectivity index (χ3v) is 4.42. The van der Waals surface area contributed by atoms with Gasteiger partial charge in [-0.25, -0.2) is 4.79 Å². The van der Waals surface area contributed by atoms with E-state index >= 15 is 0 Å². The molecule has 3 rings (SSSR count). The summed E-state index contributed by atoms with van der Waals surface area (Å²) in [5.74, 6) is -0.109. The van der Waals surface area contributed by atoms with Crippen LogP contribution in [0.25, 0.3) is 0 Å². The minimum Gasteiger partial charge on any atom is -0.489 e. The van der Waals surface area contributed by atoms with E-state index in [0.717, 1.165) is 22.6 Å². The summed E-state index contributed by atoms with van der Waals surface area (Å²) in [6.07, 6.45) is 0. The lowest BCUT2D eigenvalue weighted by molar-refractivity contribution is 0.0697. The second kappa shape index (κ2) is 8.41. The Hall–Kier alpha value is -3.27. The Balaban J connectivity index is 1.65. The molecule has 0 aliphatic carbocycles. The summed E-state index contributed by atoms with van der Waals surface area (Å²) < 4.78 is 5.97. The van der Waals surface area contributed by atoms with E-state index in [4.69, 9.17) is 9.84 Å². The van der Waals surface area contributed by atoms with Crippen LogP contribution in [0.1, 0.15) is 32.6 Å². The van der Waals surface area contributed by atoms with Gasteiger partial charge in [-0.3, -0.25) is 0 Å². The highest BCUT2D eigenvalue weighted by Crippen LogP contribution is 2.22. The third kappa shape index (κ3) is 4.88. The molecule has 0 atom stereocenters. The second-order valence-corrected chi connectivity index (χ2v) is 6.57. The summed E-state index contributed by atoms with van der Waals surface area (Å²) in [5, 5.41) is 12.4. The molecule has 4 nitrogen and oxygen atoms in total. The number of para-hydroxylation sites is 1. The van der Waals surface area contributed by atoms with Crippen LogP contribution in [0.5, 0.6) is 5.75 Å². The molecule has 3 aromatic carbocycles. The first-order valence-electron chi connectivity index (χ1n) is 8.87. The van der Waals surface area contributed by atoms with Crippen LogP contribution in [0.4, 0.5) is 5.69 Å². The quantitative estimate of drug-likeness (QED) is 0.608. The Morgan fingerprint density at radius 3 is 2.44 bits per heavy atom. The van der Waals surface area contributed by atoms with E-state index in [9.17, 15) is 4.79 Å². The van der Waals surface area contributed by atoms with Crippen molar-refractivity contribution in [2.24, 2.45) is 0 Å². The molecule has 0 saturated heterocycles. The van der Waals surface area contributed by atoms with Gasteiger partial charge in [0.25, 0.3) is 0 Å². The van der Waals surface area contributed by atoms with Gasteiger partial charge in [-0.1, -0.05) is 48.0 Å². The number of hydrogen-bond acceptors (Lipinski definition) is 3. The average molecular weight is 361 g/mol. The minimum atomic E-state index is -0.926. The average Bonchev–Trinajstić information content (AvgIpc) is 2.66. The predicted molar refractivity (Wildman–Crippen MR) is 107 cm³/mol. The van der Waals surface area contributed by atoms with E-state index in [1.807, 2.05) is 24.3 Å².